The van der Waals surface area contributed by atoms with Gasteiger partial charge in [0, 0.05) is 19.8 Å². The van der Waals surface area contributed by atoms with Crippen molar-refractivity contribution in [2.75, 3.05) is 33.5 Å². The van der Waals surface area contributed by atoms with Crippen LogP contribution < -0.4 is 5.32 Å². The smallest absolute Gasteiger partial charge is 0.0700 e. The van der Waals surface area contributed by atoms with Crippen molar-refractivity contribution < 1.29 is 9.47 Å². The molecule has 0 rings (SSSR count). The second-order valence-corrected chi connectivity index (χ2v) is 5.60. The van der Waals surface area contributed by atoms with Crippen molar-refractivity contribution in [2.45, 2.75) is 77.7 Å². The molecule has 0 aliphatic rings. The Morgan fingerprint density at radius 2 is 1.55 bits per heavy atom. The van der Waals surface area contributed by atoms with Crippen LogP contribution in [-0.2, 0) is 9.47 Å². The lowest BCUT2D eigenvalue weighted by Crippen LogP contribution is -2.31. The van der Waals surface area contributed by atoms with E-state index in [-0.39, 0.29) is 0 Å². The topological polar surface area (TPSA) is 30.5 Å². The zero-order valence-electron chi connectivity index (χ0n) is 14.1. The van der Waals surface area contributed by atoms with Crippen LogP contribution in [0.3, 0.4) is 0 Å². The van der Waals surface area contributed by atoms with Crippen LogP contribution in [0, 0.1) is 0 Å². The predicted octanol–water partition coefficient (Wildman–Crippen LogP) is 4.16. The molecule has 0 radical (unpaired) electrons. The summed E-state index contributed by atoms with van der Waals surface area (Å²) in [6.07, 6.45) is 11.9. The first-order chi connectivity index (χ1) is 9.85. The molecule has 0 aromatic carbocycles. The summed E-state index contributed by atoms with van der Waals surface area (Å²) in [6, 6.07) is 0.628. The molecule has 0 aromatic heterocycles. The molecule has 0 heterocycles. The van der Waals surface area contributed by atoms with Gasteiger partial charge in [-0.05, 0) is 25.8 Å². The van der Waals surface area contributed by atoms with Gasteiger partial charge in [0.05, 0.1) is 13.2 Å². The van der Waals surface area contributed by atoms with E-state index >= 15 is 0 Å². The van der Waals surface area contributed by atoms with Gasteiger partial charge in [-0.2, -0.15) is 0 Å². The van der Waals surface area contributed by atoms with Gasteiger partial charge < -0.3 is 14.8 Å². The molecular formula is C17H37NO2. The number of hydrogen-bond donors (Lipinski definition) is 1. The van der Waals surface area contributed by atoms with E-state index < -0.39 is 0 Å². The molecule has 0 aliphatic carbocycles. The van der Waals surface area contributed by atoms with Crippen molar-refractivity contribution in [2.24, 2.45) is 0 Å². The fourth-order valence-electron chi connectivity index (χ4n) is 2.34. The van der Waals surface area contributed by atoms with Crippen LogP contribution >= 0.6 is 0 Å². The van der Waals surface area contributed by atoms with Gasteiger partial charge in [0.2, 0.25) is 0 Å². The molecule has 1 atom stereocenters. The molecule has 1 unspecified atom stereocenters. The molecule has 0 saturated heterocycles. The molecule has 0 spiro atoms. The van der Waals surface area contributed by atoms with Crippen LogP contribution in [0.1, 0.15) is 71.6 Å². The lowest BCUT2D eigenvalue weighted by Gasteiger charge is -2.18. The van der Waals surface area contributed by atoms with Crippen LogP contribution in [0.5, 0.6) is 0 Å². The highest BCUT2D eigenvalue weighted by atomic mass is 16.5. The zero-order chi connectivity index (χ0) is 14.9. The molecule has 0 fully saturated rings. The maximum Gasteiger partial charge on any atom is 0.0700 e. The maximum absolute atomic E-state index is 5.58. The lowest BCUT2D eigenvalue weighted by atomic mass is 10.0. The third-order valence-corrected chi connectivity index (χ3v) is 3.63. The number of ether oxygens (including phenoxy) is 2. The van der Waals surface area contributed by atoms with E-state index in [9.17, 15) is 0 Å². The minimum atomic E-state index is 0.628. The number of unbranched alkanes of at least 4 members (excludes halogenated alkanes) is 5. The Bertz CT molecular complexity index is 176. The molecule has 0 bridgehead atoms. The molecule has 122 valence electrons. The average Bonchev–Trinajstić information content (AvgIpc) is 2.47. The normalized spacial score (nSPS) is 12.8. The highest BCUT2D eigenvalue weighted by Crippen LogP contribution is 2.10. The van der Waals surface area contributed by atoms with Crippen LogP contribution in [0.2, 0.25) is 0 Å². The van der Waals surface area contributed by atoms with Gasteiger partial charge in [0.25, 0.3) is 0 Å². The average molecular weight is 287 g/mol. The summed E-state index contributed by atoms with van der Waals surface area (Å²) in [5, 5.41) is 3.65. The monoisotopic (exact) mass is 287 g/mol. The van der Waals surface area contributed by atoms with Crippen LogP contribution in [-0.4, -0.2) is 39.5 Å². The summed E-state index contributed by atoms with van der Waals surface area (Å²) in [4.78, 5) is 0. The first kappa shape index (κ1) is 19.9. The van der Waals surface area contributed by atoms with Gasteiger partial charge in [-0.15, -0.1) is 0 Å². The summed E-state index contributed by atoms with van der Waals surface area (Å²) in [7, 11) is 1.72. The second-order valence-electron chi connectivity index (χ2n) is 5.60. The van der Waals surface area contributed by atoms with Crippen molar-refractivity contribution in [1.82, 2.24) is 5.32 Å². The van der Waals surface area contributed by atoms with Crippen LogP contribution in [0.25, 0.3) is 0 Å². The minimum Gasteiger partial charge on any atom is -0.382 e. The Morgan fingerprint density at radius 1 is 0.800 bits per heavy atom. The molecular weight excluding hydrogens is 250 g/mol. The number of rotatable bonds is 16. The largest absolute Gasteiger partial charge is 0.382 e. The van der Waals surface area contributed by atoms with Gasteiger partial charge in [-0.3, -0.25) is 0 Å². The summed E-state index contributed by atoms with van der Waals surface area (Å²) in [5.41, 5.74) is 0. The lowest BCUT2D eigenvalue weighted by molar-refractivity contribution is 0.0653. The van der Waals surface area contributed by atoms with E-state index in [1.807, 2.05) is 0 Å². The first-order valence-corrected chi connectivity index (χ1v) is 8.65. The van der Waals surface area contributed by atoms with Crippen LogP contribution in [0.15, 0.2) is 0 Å². The SMILES string of the molecule is CCCCCCCCC(CCOCCOC)NCCC. The van der Waals surface area contributed by atoms with Crippen molar-refractivity contribution >= 4 is 0 Å². The van der Waals surface area contributed by atoms with Gasteiger partial charge >= 0.3 is 0 Å². The Hall–Kier alpha value is -0.120. The number of methoxy groups -OCH3 is 1. The van der Waals surface area contributed by atoms with E-state index in [4.69, 9.17) is 9.47 Å². The summed E-state index contributed by atoms with van der Waals surface area (Å²) in [6.45, 7) is 7.88. The molecule has 0 aromatic rings. The molecule has 20 heavy (non-hydrogen) atoms. The highest BCUT2D eigenvalue weighted by molar-refractivity contribution is 4.66. The molecule has 0 aliphatic heterocycles. The Balaban J connectivity index is 3.56. The van der Waals surface area contributed by atoms with Gasteiger partial charge in [-0.1, -0.05) is 52.4 Å². The molecule has 3 heteroatoms. The van der Waals surface area contributed by atoms with Crippen molar-refractivity contribution in [3.8, 4) is 0 Å². The third kappa shape index (κ3) is 14.3. The van der Waals surface area contributed by atoms with E-state index in [1.54, 1.807) is 7.11 Å². The zero-order valence-corrected chi connectivity index (χ0v) is 14.1. The molecule has 0 amide bonds. The Labute approximate surface area is 126 Å². The van der Waals surface area contributed by atoms with Gasteiger partial charge in [0.15, 0.2) is 0 Å². The summed E-state index contributed by atoms with van der Waals surface area (Å²) < 4.78 is 10.6. The van der Waals surface area contributed by atoms with Crippen LogP contribution in [0.4, 0.5) is 0 Å². The van der Waals surface area contributed by atoms with E-state index in [2.05, 4.69) is 19.2 Å². The summed E-state index contributed by atoms with van der Waals surface area (Å²) >= 11 is 0. The fourth-order valence-corrected chi connectivity index (χ4v) is 2.34. The number of nitrogens with one attached hydrogen (secondary N) is 1. The molecule has 0 saturated carbocycles. The highest BCUT2D eigenvalue weighted by Gasteiger charge is 2.07. The summed E-state index contributed by atoms with van der Waals surface area (Å²) in [5.74, 6) is 0. The van der Waals surface area contributed by atoms with E-state index in [0.29, 0.717) is 19.3 Å². The van der Waals surface area contributed by atoms with Crippen molar-refractivity contribution in [1.29, 1.82) is 0 Å². The fraction of sp³-hybridized carbons (Fsp3) is 1.00. The standard InChI is InChI=1S/C17H37NO2/c1-4-6-7-8-9-10-11-17(18-13-5-2)12-14-20-16-15-19-3/h17-18H,4-16H2,1-3H3. The Morgan fingerprint density at radius 3 is 2.25 bits per heavy atom. The van der Waals surface area contributed by atoms with Crippen molar-refractivity contribution in [3.05, 3.63) is 0 Å². The maximum atomic E-state index is 5.58. The van der Waals surface area contributed by atoms with Gasteiger partial charge in [-0.25, -0.2) is 0 Å². The Kier molecular flexibility index (Phi) is 16.8. The molecule has 3 nitrogen and oxygen atoms in total. The minimum absolute atomic E-state index is 0.628. The quantitative estimate of drug-likeness (QED) is 0.432. The van der Waals surface area contributed by atoms with Crippen molar-refractivity contribution in [3.63, 3.8) is 0 Å². The van der Waals surface area contributed by atoms with Gasteiger partial charge in [0.1, 0.15) is 0 Å². The number of hydrogen-bond acceptors (Lipinski definition) is 3. The molecule has 1 N–H and O–H groups in total. The van der Waals surface area contributed by atoms with E-state index in [1.165, 1.54) is 51.4 Å². The first-order valence-electron chi connectivity index (χ1n) is 8.65. The van der Waals surface area contributed by atoms with E-state index in [0.717, 1.165) is 19.6 Å². The third-order valence-electron chi connectivity index (χ3n) is 3.63. The predicted molar refractivity (Wildman–Crippen MR) is 87.4 cm³/mol. The second kappa shape index (κ2) is 16.9.